The van der Waals surface area contributed by atoms with Gasteiger partial charge in [-0.3, -0.25) is 4.57 Å². The number of fused-ring (bicyclic) bond motifs is 1. The molecule has 2 aromatic heterocycles. The number of pyridine rings is 1. The van der Waals surface area contributed by atoms with Gasteiger partial charge >= 0.3 is 5.69 Å². The van der Waals surface area contributed by atoms with Gasteiger partial charge in [-0.25, -0.2) is 9.78 Å². The summed E-state index contributed by atoms with van der Waals surface area (Å²) in [5, 5.41) is 0. The van der Waals surface area contributed by atoms with Crippen LogP contribution in [0.15, 0.2) is 59.5 Å². The molecule has 0 aliphatic heterocycles. The number of ether oxygens (including phenoxy) is 2. The second kappa shape index (κ2) is 8.45. The Hall–Kier alpha value is -3.54. The molecule has 0 aliphatic carbocycles. The third-order valence-corrected chi connectivity index (χ3v) is 5.19. The molecule has 6 heteroatoms. The Morgan fingerprint density at radius 1 is 1.07 bits per heavy atom. The van der Waals surface area contributed by atoms with Gasteiger partial charge < -0.3 is 14.5 Å². The van der Waals surface area contributed by atoms with E-state index < -0.39 is 0 Å². The molecular weight excluding hydrogens is 378 g/mol. The van der Waals surface area contributed by atoms with Crippen molar-refractivity contribution >= 4 is 11.2 Å². The second-order valence-corrected chi connectivity index (χ2v) is 7.04. The quantitative estimate of drug-likeness (QED) is 0.496. The van der Waals surface area contributed by atoms with Crippen LogP contribution < -0.4 is 15.2 Å². The Morgan fingerprint density at radius 2 is 1.90 bits per heavy atom. The van der Waals surface area contributed by atoms with E-state index in [1.54, 1.807) is 11.7 Å². The monoisotopic (exact) mass is 403 g/mol. The largest absolute Gasteiger partial charge is 0.493 e. The number of methoxy groups -OCH3 is 1. The normalized spacial score (nSPS) is 11.0. The van der Waals surface area contributed by atoms with Crippen LogP contribution in [-0.2, 0) is 13.0 Å². The van der Waals surface area contributed by atoms with Gasteiger partial charge in [0.1, 0.15) is 0 Å². The smallest absolute Gasteiger partial charge is 0.327 e. The van der Waals surface area contributed by atoms with Crippen LogP contribution in [0.3, 0.4) is 0 Å². The summed E-state index contributed by atoms with van der Waals surface area (Å²) >= 11 is 0. The average Bonchev–Trinajstić information content (AvgIpc) is 3.08. The minimum absolute atomic E-state index is 0.188. The van der Waals surface area contributed by atoms with Crippen LogP contribution in [0.4, 0.5) is 0 Å². The predicted octanol–water partition coefficient (Wildman–Crippen LogP) is 4.41. The van der Waals surface area contributed by atoms with E-state index in [2.05, 4.69) is 29.0 Å². The second-order valence-electron chi connectivity index (χ2n) is 7.04. The van der Waals surface area contributed by atoms with Gasteiger partial charge in [0, 0.05) is 11.8 Å². The van der Waals surface area contributed by atoms with Crippen molar-refractivity contribution in [3.8, 4) is 22.6 Å². The number of nitrogens with zero attached hydrogens (tertiary/aromatic N) is 2. The van der Waals surface area contributed by atoms with Crippen molar-refractivity contribution in [3.63, 3.8) is 0 Å². The molecule has 1 N–H and O–H groups in total. The summed E-state index contributed by atoms with van der Waals surface area (Å²) in [6.07, 6.45) is 2.77. The molecule has 0 aliphatic rings. The number of imidazole rings is 1. The van der Waals surface area contributed by atoms with Crippen molar-refractivity contribution in [2.24, 2.45) is 0 Å². The minimum atomic E-state index is -0.188. The van der Waals surface area contributed by atoms with Crippen LogP contribution in [-0.4, -0.2) is 28.3 Å². The summed E-state index contributed by atoms with van der Waals surface area (Å²) < 4.78 is 12.6. The van der Waals surface area contributed by atoms with Crippen molar-refractivity contribution < 1.29 is 9.47 Å². The summed E-state index contributed by atoms with van der Waals surface area (Å²) in [7, 11) is 1.61. The van der Waals surface area contributed by atoms with Gasteiger partial charge in [0.05, 0.1) is 25.8 Å². The van der Waals surface area contributed by atoms with Crippen LogP contribution in [0, 0.1) is 0 Å². The lowest BCUT2D eigenvalue weighted by Gasteiger charge is -2.11. The third kappa shape index (κ3) is 3.68. The lowest BCUT2D eigenvalue weighted by molar-refractivity contribution is 0.310. The molecule has 154 valence electrons. The summed E-state index contributed by atoms with van der Waals surface area (Å²) in [5.74, 6) is 1.33. The molecule has 4 aromatic rings. The molecule has 2 aromatic carbocycles. The Morgan fingerprint density at radius 3 is 2.67 bits per heavy atom. The fourth-order valence-corrected chi connectivity index (χ4v) is 3.72. The molecule has 4 rings (SSSR count). The van der Waals surface area contributed by atoms with E-state index in [0.29, 0.717) is 30.3 Å². The number of aromatic amines is 1. The predicted molar refractivity (Wildman–Crippen MR) is 118 cm³/mol. The molecular formula is C24H25N3O3. The topological polar surface area (TPSA) is 69.1 Å². The minimum Gasteiger partial charge on any atom is -0.493 e. The molecule has 0 atom stereocenters. The van der Waals surface area contributed by atoms with Crippen LogP contribution in [0.25, 0.3) is 22.3 Å². The van der Waals surface area contributed by atoms with Crippen LogP contribution in [0.1, 0.15) is 25.0 Å². The van der Waals surface area contributed by atoms with Crippen LogP contribution in [0.5, 0.6) is 11.5 Å². The van der Waals surface area contributed by atoms with E-state index in [9.17, 15) is 4.79 Å². The summed E-state index contributed by atoms with van der Waals surface area (Å²) in [6, 6.07) is 15.9. The van der Waals surface area contributed by atoms with Gasteiger partial charge in [-0.2, -0.15) is 0 Å². The summed E-state index contributed by atoms with van der Waals surface area (Å²) in [5.41, 5.74) is 5.49. The molecule has 2 heterocycles. The summed E-state index contributed by atoms with van der Waals surface area (Å²) in [4.78, 5) is 20.2. The fraction of sp³-hybridized carbons (Fsp3) is 0.250. The van der Waals surface area contributed by atoms with Gasteiger partial charge in [-0.15, -0.1) is 0 Å². The number of aromatic nitrogens is 3. The van der Waals surface area contributed by atoms with E-state index in [1.807, 2.05) is 49.5 Å². The molecule has 0 radical (unpaired) electrons. The van der Waals surface area contributed by atoms with Crippen molar-refractivity contribution in [1.29, 1.82) is 0 Å². The highest BCUT2D eigenvalue weighted by molar-refractivity contribution is 5.79. The number of benzene rings is 2. The number of H-pyrrole nitrogens is 1. The molecule has 0 unspecified atom stereocenters. The van der Waals surface area contributed by atoms with Gasteiger partial charge in [-0.05, 0) is 48.2 Å². The first kappa shape index (κ1) is 19.8. The average molecular weight is 403 g/mol. The summed E-state index contributed by atoms with van der Waals surface area (Å²) in [6.45, 7) is 4.99. The Labute approximate surface area is 175 Å². The lowest BCUT2D eigenvalue weighted by atomic mass is 9.99. The van der Waals surface area contributed by atoms with E-state index in [4.69, 9.17) is 9.47 Å². The van der Waals surface area contributed by atoms with E-state index in [-0.39, 0.29) is 5.69 Å². The maximum atomic E-state index is 12.7. The van der Waals surface area contributed by atoms with Crippen LogP contribution >= 0.6 is 0 Å². The lowest BCUT2D eigenvalue weighted by Crippen LogP contribution is -2.17. The molecule has 0 saturated carbocycles. The van der Waals surface area contributed by atoms with E-state index >= 15 is 0 Å². The van der Waals surface area contributed by atoms with E-state index in [1.165, 1.54) is 5.56 Å². The van der Waals surface area contributed by atoms with Crippen molar-refractivity contribution in [1.82, 2.24) is 14.5 Å². The number of rotatable bonds is 7. The first-order chi connectivity index (χ1) is 14.6. The third-order valence-electron chi connectivity index (χ3n) is 5.19. The highest BCUT2D eigenvalue weighted by atomic mass is 16.5. The standard InChI is InChI=1S/C24H25N3O3/c1-4-17-8-6-7-9-19(17)18-13-20-23(25-14-18)27(24(28)26-20)15-16-10-11-21(29-3)22(12-16)30-5-2/h6-14H,4-5,15H2,1-3H3,(H,26,28). The molecule has 0 fully saturated rings. The zero-order chi connectivity index (χ0) is 21.1. The first-order valence-corrected chi connectivity index (χ1v) is 10.1. The molecule has 30 heavy (non-hydrogen) atoms. The number of nitrogens with one attached hydrogen (secondary N) is 1. The maximum Gasteiger partial charge on any atom is 0.327 e. The number of hydrogen-bond donors (Lipinski definition) is 1. The van der Waals surface area contributed by atoms with E-state index in [0.717, 1.165) is 28.6 Å². The van der Waals surface area contributed by atoms with Crippen molar-refractivity contribution in [2.75, 3.05) is 13.7 Å². The SMILES string of the molecule is CCOc1cc(Cn2c(=O)[nH]c3cc(-c4ccccc4CC)cnc32)ccc1OC. The Balaban J connectivity index is 1.72. The highest BCUT2D eigenvalue weighted by Crippen LogP contribution is 2.29. The number of hydrogen-bond acceptors (Lipinski definition) is 4. The Kier molecular flexibility index (Phi) is 5.57. The van der Waals surface area contributed by atoms with Gasteiger partial charge in [0.15, 0.2) is 17.1 Å². The molecule has 0 saturated heterocycles. The fourth-order valence-electron chi connectivity index (χ4n) is 3.72. The van der Waals surface area contributed by atoms with Crippen LogP contribution in [0.2, 0.25) is 0 Å². The van der Waals surface area contributed by atoms with Crippen molar-refractivity contribution in [2.45, 2.75) is 26.8 Å². The van der Waals surface area contributed by atoms with Gasteiger partial charge in [0.25, 0.3) is 0 Å². The molecule has 6 nitrogen and oxygen atoms in total. The maximum absolute atomic E-state index is 12.7. The number of aryl methyl sites for hydroxylation is 1. The van der Waals surface area contributed by atoms with Gasteiger partial charge in [0.2, 0.25) is 0 Å². The van der Waals surface area contributed by atoms with Crippen molar-refractivity contribution in [3.05, 3.63) is 76.3 Å². The molecule has 0 bridgehead atoms. The first-order valence-electron chi connectivity index (χ1n) is 10.1. The zero-order valence-corrected chi connectivity index (χ0v) is 17.4. The molecule has 0 amide bonds. The zero-order valence-electron chi connectivity index (χ0n) is 17.4. The molecule has 0 spiro atoms. The Bertz CT molecular complexity index is 1240. The van der Waals surface area contributed by atoms with Gasteiger partial charge in [-0.1, -0.05) is 37.3 Å². The highest BCUT2D eigenvalue weighted by Gasteiger charge is 2.13.